The fourth-order valence-electron chi connectivity index (χ4n) is 4.33. The van der Waals surface area contributed by atoms with Crippen molar-refractivity contribution in [1.82, 2.24) is 14.8 Å². The monoisotopic (exact) mass is 395 g/mol. The van der Waals surface area contributed by atoms with Crippen molar-refractivity contribution < 1.29 is 17.9 Å². The van der Waals surface area contributed by atoms with E-state index in [1.165, 1.54) is 6.26 Å². The second-order valence-corrected chi connectivity index (χ2v) is 10.3. The van der Waals surface area contributed by atoms with E-state index >= 15 is 0 Å². The topological polar surface area (TPSA) is 79.8 Å². The number of ether oxygens (including phenoxy) is 1. The molecule has 2 aliphatic rings. The molecule has 0 saturated carbocycles. The first-order chi connectivity index (χ1) is 12.8. The number of hydrogen-bond acceptors (Lipinski definition) is 6. The molecule has 150 valence electrons. The molecule has 7 nitrogen and oxygen atoms in total. The van der Waals surface area contributed by atoms with Gasteiger partial charge in [0.05, 0.1) is 19.0 Å². The van der Waals surface area contributed by atoms with Crippen molar-refractivity contribution >= 4 is 15.7 Å². The summed E-state index contributed by atoms with van der Waals surface area (Å²) in [5.74, 6) is 0.237. The molecule has 27 heavy (non-hydrogen) atoms. The SMILES string of the molecule is CN1C[C@H](COCc2cccnc2)[C@]2(CCN(C(=O)CCS(C)(=O)=O)C2)C1. The molecule has 1 aromatic heterocycles. The summed E-state index contributed by atoms with van der Waals surface area (Å²) in [6.45, 7) is 4.50. The summed E-state index contributed by atoms with van der Waals surface area (Å²) in [5, 5.41) is 0. The van der Waals surface area contributed by atoms with Crippen LogP contribution in [-0.4, -0.2) is 81.0 Å². The number of aromatic nitrogens is 1. The van der Waals surface area contributed by atoms with Gasteiger partial charge < -0.3 is 14.5 Å². The van der Waals surface area contributed by atoms with E-state index in [9.17, 15) is 13.2 Å². The first-order valence-corrected chi connectivity index (χ1v) is 11.4. The van der Waals surface area contributed by atoms with Crippen molar-refractivity contribution in [2.75, 3.05) is 51.8 Å². The van der Waals surface area contributed by atoms with E-state index < -0.39 is 9.84 Å². The number of hydrogen-bond donors (Lipinski definition) is 0. The fourth-order valence-corrected chi connectivity index (χ4v) is 4.88. The molecule has 0 N–H and O–H groups in total. The molecule has 0 unspecified atom stereocenters. The third-order valence-electron chi connectivity index (χ3n) is 5.72. The fraction of sp³-hybridized carbons (Fsp3) is 0.684. The van der Waals surface area contributed by atoms with Crippen LogP contribution in [0, 0.1) is 11.3 Å². The van der Waals surface area contributed by atoms with Gasteiger partial charge in [-0.3, -0.25) is 9.78 Å². The minimum atomic E-state index is -3.12. The normalized spacial score (nSPS) is 26.1. The summed E-state index contributed by atoms with van der Waals surface area (Å²) in [6, 6.07) is 3.90. The van der Waals surface area contributed by atoms with Gasteiger partial charge in [-0.15, -0.1) is 0 Å². The highest BCUT2D eigenvalue weighted by Crippen LogP contribution is 2.43. The molecule has 1 amide bonds. The van der Waals surface area contributed by atoms with Gasteiger partial charge in [0.15, 0.2) is 0 Å². The lowest BCUT2D eigenvalue weighted by Gasteiger charge is -2.30. The van der Waals surface area contributed by atoms with E-state index in [1.54, 1.807) is 6.20 Å². The standard InChI is InChI=1S/C19H29N3O4S/c1-21-11-17(13-26-12-16-4-3-7-20-10-16)19(14-21)6-8-22(15-19)18(23)5-9-27(2,24)25/h3-4,7,10,17H,5-6,8-9,11-15H2,1-2H3/t17-,19-/m1/s1. The van der Waals surface area contributed by atoms with E-state index in [0.717, 1.165) is 25.1 Å². The summed E-state index contributed by atoms with van der Waals surface area (Å²) in [5.41, 5.74) is 1.10. The Balaban J connectivity index is 1.56. The highest BCUT2D eigenvalue weighted by molar-refractivity contribution is 7.90. The quantitative estimate of drug-likeness (QED) is 0.680. The molecule has 3 rings (SSSR count). The van der Waals surface area contributed by atoms with Crippen LogP contribution in [0.25, 0.3) is 0 Å². The van der Waals surface area contributed by atoms with Crippen molar-refractivity contribution in [2.45, 2.75) is 19.4 Å². The van der Waals surface area contributed by atoms with Crippen LogP contribution in [0.1, 0.15) is 18.4 Å². The molecule has 2 fully saturated rings. The average molecular weight is 396 g/mol. The van der Waals surface area contributed by atoms with Gasteiger partial charge in [-0.2, -0.15) is 0 Å². The Morgan fingerprint density at radius 3 is 2.93 bits per heavy atom. The van der Waals surface area contributed by atoms with Gasteiger partial charge in [-0.25, -0.2) is 8.42 Å². The van der Waals surface area contributed by atoms with Crippen LogP contribution >= 0.6 is 0 Å². The molecule has 2 aliphatic heterocycles. The van der Waals surface area contributed by atoms with Gasteiger partial charge >= 0.3 is 0 Å². The van der Waals surface area contributed by atoms with Crippen molar-refractivity contribution in [2.24, 2.45) is 11.3 Å². The van der Waals surface area contributed by atoms with Crippen molar-refractivity contribution in [3.05, 3.63) is 30.1 Å². The van der Waals surface area contributed by atoms with E-state index in [2.05, 4.69) is 16.9 Å². The Hall–Kier alpha value is -1.51. The predicted octanol–water partition coefficient (Wildman–Crippen LogP) is 0.813. The van der Waals surface area contributed by atoms with Gasteiger partial charge in [0.1, 0.15) is 9.84 Å². The number of carbonyl (C=O) groups is 1. The third-order valence-corrected chi connectivity index (χ3v) is 6.66. The lowest BCUT2D eigenvalue weighted by Crippen LogP contribution is -2.38. The van der Waals surface area contributed by atoms with E-state index in [4.69, 9.17) is 4.74 Å². The van der Waals surface area contributed by atoms with Crippen LogP contribution in [0.5, 0.6) is 0 Å². The molecule has 8 heteroatoms. The largest absolute Gasteiger partial charge is 0.376 e. The molecule has 0 bridgehead atoms. The molecule has 3 heterocycles. The zero-order chi connectivity index (χ0) is 19.5. The number of likely N-dealkylation sites (tertiary alicyclic amines) is 2. The Labute approximate surface area is 161 Å². The van der Waals surface area contributed by atoms with Crippen molar-refractivity contribution in [3.8, 4) is 0 Å². The summed E-state index contributed by atoms with van der Waals surface area (Å²) < 4.78 is 28.6. The maximum atomic E-state index is 12.4. The van der Waals surface area contributed by atoms with E-state index in [-0.39, 0.29) is 23.5 Å². The van der Waals surface area contributed by atoms with Crippen molar-refractivity contribution in [1.29, 1.82) is 0 Å². The van der Waals surface area contributed by atoms with Crippen LogP contribution in [0.2, 0.25) is 0 Å². The number of sulfone groups is 1. The van der Waals surface area contributed by atoms with Gasteiger partial charge in [0.25, 0.3) is 0 Å². The van der Waals surface area contributed by atoms with Gasteiger partial charge in [0, 0.05) is 62.6 Å². The lowest BCUT2D eigenvalue weighted by atomic mass is 9.77. The highest BCUT2D eigenvalue weighted by Gasteiger charge is 2.50. The zero-order valence-corrected chi connectivity index (χ0v) is 17.0. The van der Waals surface area contributed by atoms with Gasteiger partial charge in [-0.1, -0.05) is 6.07 Å². The maximum Gasteiger partial charge on any atom is 0.223 e. The van der Waals surface area contributed by atoms with Crippen LogP contribution < -0.4 is 0 Å². The lowest BCUT2D eigenvalue weighted by molar-refractivity contribution is -0.130. The minimum Gasteiger partial charge on any atom is -0.376 e. The Kier molecular flexibility index (Phi) is 6.18. The molecule has 1 spiro atoms. The van der Waals surface area contributed by atoms with Gasteiger partial charge in [0.2, 0.25) is 5.91 Å². The number of nitrogens with zero attached hydrogens (tertiary/aromatic N) is 3. The van der Waals surface area contributed by atoms with Gasteiger partial charge in [-0.05, 0) is 25.1 Å². The highest BCUT2D eigenvalue weighted by atomic mass is 32.2. The zero-order valence-electron chi connectivity index (χ0n) is 16.1. The van der Waals surface area contributed by atoms with E-state index in [1.807, 2.05) is 23.2 Å². The summed E-state index contributed by atoms with van der Waals surface area (Å²) in [7, 11) is -1.01. The maximum absolute atomic E-state index is 12.4. The van der Waals surface area contributed by atoms with E-state index in [0.29, 0.717) is 32.2 Å². The summed E-state index contributed by atoms with van der Waals surface area (Å²) in [6.07, 6.45) is 5.76. The van der Waals surface area contributed by atoms with Crippen LogP contribution in [0.15, 0.2) is 24.5 Å². The van der Waals surface area contributed by atoms with Crippen LogP contribution in [0.3, 0.4) is 0 Å². The number of carbonyl (C=O) groups excluding carboxylic acids is 1. The third kappa shape index (κ3) is 5.27. The first-order valence-electron chi connectivity index (χ1n) is 9.38. The Morgan fingerprint density at radius 2 is 2.22 bits per heavy atom. The summed E-state index contributed by atoms with van der Waals surface area (Å²) in [4.78, 5) is 20.7. The number of amides is 1. The number of rotatable bonds is 7. The molecule has 2 saturated heterocycles. The Bertz CT molecular complexity index is 755. The molecule has 1 aromatic rings. The minimum absolute atomic E-state index is 0.0461. The Morgan fingerprint density at radius 1 is 1.41 bits per heavy atom. The second kappa shape index (κ2) is 8.24. The van der Waals surface area contributed by atoms with Crippen LogP contribution in [0.4, 0.5) is 0 Å². The average Bonchev–Trinajstić information content (AvgIpc) is 3.17. The predicted molar refractivity (Wildman–Crippen MR) is 103 cm³/mol. The summed E-state index contributed by atoms with van der Waals surface area (Å²) >= 11 is 0. The molecular weight excluding hydrogens is 366 g/mol. The molecule has 0 aliphatic carbocycles. The second-order valence-electron chi connectivity index (χ2n) is 8.08. The number of pyridine rings is 1. The molecule has 0 aromatic carbocycles. The first kappa shape index (κ1) is 20.2. The van der Waals surface area contributed by atoms with Crippen LogP contribution in [-0.2, 0) is 26.0 Å². The van der Waals surface area contributed by atoms with Crippen molar-refractivity contribution in [3.63, 3.8) is 0 Å². The smallest absolute Gasteiger partial charge is 0.223 e. The molecular formula is C19H29N3O4S. The molecule has 0 radical (unpaired) electrons. The molecule has 2 atom stereocenters.